The van der Waals surface area contributed by atoms with Gasteiger partial charge in [0, 0.05) is 25.6 Å². The van der Waals surface area contributed by atoms with E-state index in [2.05, 4.69) is 49.6 Å². The van der Waals surface area contributed by atoms with Crippen molar-refractivity contribution >= 4 is 17.0 Å². The normalized spacial score (nSPS) is 11.7. The Labute approximate surface area is 175 Å². The van der Waals surface area contributed by atoms with Crippen LogP contribution >= 0.6 is 0 Å². The maximum Gasteiger partial charge on any atom is 0.226 e. The fourth-order valence-electron chi connectivity index (χ4n) is 3.20. The lowest BCUT2D eigenvalue weighted by atomic mass is 10.1. The summed E-state index contributed by atoms with van der Waals surface area (Å²) < 4.78 is 5.61. The number of aliphatic imine (C=N–C) groups is 1. The summed E-state index contributed by atoms with van der Waals surface area (Å²) >= 11 is 0. The first-order chi connectivity index (χ1) is 14.7. The van der Waals surface area contributed by atoms with Crippen LogP contribution in [0.25, 0.3) is 22.5 Å². The number of fused-ring (bicyclic) bond motifs is 1. The number of imidazole rings is 1. The molecule has 0 amide bonds. The van der Waals surface area contributed by atoms with Crippen LogP contribution in [0.5, 0.6) is 0 Å². The van der Waals surface area contributed by atoms with E-state index in [-0.39, 0.29) is 0 Å². The van der Waals surface area contributed by atoms with Crippen molar-refractivity contribution in [1.82, 2.24) is 25.6 Å². The third-order valence-corrected chi connectivity index (χ3v) is 4.83. The molecule has 154 valence electrons. The number of hydrogen-bond donors (Lipinski definition) is 3. The van der Waals surface area contributed by atoms with Crippen LogP contribution in [0.3, 0.4) is 0 Å². The van der Waals surface area contributed by atoms with Crippen LogP contribution in [-0.4, -0.2) is 34.5 Å². The van der Waals surface area contributed by atoms with Crippen molar-refractivity contribution < 1.29 is 4.42 Å². The van der Waals surface area contributed by atoms with Crippen molar-refractivity contribution in [1.29, 1.82) is 0 Å². The summed E-state index contributed by atoms with van der Waals surface area (Å²) in [4.78, 5) is 16.8. The number of rotatable bonds is 7. The van der Waals surface area contributed by atoms with Gasteiger partial charge in [-0.3, -0.25) is 4.99 Å². The highest BCUT2D eigenvalue weighted by molar-refractivity contribution is 5.79. The Balaban J connectivity index is 1.22. The maximum atomic E-state index is 5.61. The number of nitrogens with one attached hydrogen (secondary N) is 3. The van der Waals surface area contributed by atoms with Gasteiger partial charge in [0.2, 0.25) is 5.89 Å². The van der Waals surface area contributed by atoms with E-state index in [1.54, 1.807) is 13.3 Å². The third kappa shape index (κ3) is 4.86. The molecule has 30 heavy (non-hydrogen) atoms. The fourth-order valence-corrected chi connectivity index (χ4v) is 3.20. The van der Waals surface area contributed by atoms with Gasteiger partial charge in [0.25, 0.3) is 0 Å². The molecule has 0 radical (unpaired) electrons. The number of hydrogen-bond acceptors (Lipinski definition) is 4. The molecule has 0 saturated carbocycles. The minimum absolute atomic E-state index is 0.540. The second kappa shape index (κ2) is 9.26. The Morgan fingerprint density at radius 3 is 2.70 bits per heavy atom. The molecule has 0 spiro atoms. The SMILES string of the molecule is CN=C(NCCCc1nc2ccccc2[nH]1)NCc1coc(-c2ccc(C)cc2)n1. The lowest BCUT2D eigenvalue weighted by Crippen LogP contribution is -2.37. The summed E-state index contributed by atoms with van der Waals surface area (Å²) in [6.45, 7) is 3.40. The summed E-state index contributed by atoms with van der Waals surface area (Å²) in [6, 6.07) is 16.2. The number of aromatic nitrogens is 3. The van der Waals surface area contributed by atoms with E-state index in [4.69, 9.17) is 4.42 Å². The average Bonchev–Trinajstić information content (AvgIpc) is 3.40. The van der Waals surface area contributed by atoms with Gasteiger partial charge in [-0.1, -0.05) is 29.8 Å². The molecule has 7 heteroatoms. The number of guanidine groups is 1. The van der Waals surface area contributed by atoms with Crippen molar-refractivity contribution in [3.05, 3.63) is 71.9 Å². The summed E-state index contributed by atoms with van der Waals surface area (Å²) in [5, 5.41) is 6.60. The number of aromatic amines is 1. The topological polar surface area (TPSA) is 91.1 Å². The highest BCUT2D eigenvalue weighted by Crippen LogP contribution is 2.19. The lowest BCUT2D eigenvalue weighted by Gasteiger charge is -2.10. The Kier molecular flexibility index (Phi) is 6.08. The minimum Gasteiger partial charge on any atom is -0.444 e. The van der Waals surface area contributed by atoms with Gasteiger partial charge in [-0.25, -0.2) is 9.97 Å². The van der Waals surface area contributed by atoms with Crippen LogP contribution < -0.4 is 10.6 Å². The first kappa shape index (κ1) is 19.7. The van der Waals surface area contributed by atoms with Gasteiger partial charge in [-0.15, -0.1) is 0 Å². The predicted molar refractivity (Wildman–Crippen MR) is 119 cm³/mol. The number of oxazole rings is 1. The molecule has 0 bridgehead atoms. The van der Waals surface area contributed by atoms with Gasteiger partial charge in [0.1, 0.15) is 12.1 Å². The number of para-hydroxylation sites is 2. The first-order valence-corrected chi connectivity index (χ1v) is 10.1. The van der Waals surface area contributed by atoms with E-state index in [0.29, 0.717) is 12.4 Å². The lowest BCUT2D eigenvalue weighted by molar-refractivity contribution is 0.572. The quantitative estimate of drug-likeness (QED) is 0.248. The first-order valence-electron chi connectivity index (χ1n) is 10.1. The van der Waals surface area contributed by atoms with Crippen LogP contribution in [0.4, 0.5) is 0 Å². The molecule has 4 aromatic rings. The molecular formula is C23H26N6O. The Morgan fingerprint density at radius 1 is 1.07 bits per heavy atom. The van der Waals surface area contributed by atoms with Crippen molar-refractivity contribution in [2.24, 2.45) is 4.99 Å². The number of nitrogens with zero attached hydrogens (tertiary/aromatic N) is 3. The van der Waals surface area contributed by atoms with E-state index < -0.39 is 0 Å². The molecule has 0 unspecified atom stereocenters. The molecule has 7 nitrogen and oxygen atoms in total. The zero-order chi connectivity index (χ0) is 20.8. The second-order valence-electron chi connectivity index (χ2n) is 7.17. The highest BCUT2D eigenvalue weighted by atomic mass is 16.3. The molecule has 0 saturated heterocycles. The van der Waals surface area contributed by atoms with Crippen LogP contribution in [0, 0.1) is 6.92 Å². The molecule has 2 heterocycles. The summed E-state index contributed by atoms with van der Waals surface area (Å²) in [7, 11) is 1.76. The molecule has 0 aliphatic rings. The van der Waals surface area contributed by atoms with E-state index in [1.807, 2.05) is 36.4 Å². The molecule has 2 aromatic carbocycles. The third-order valence-electron chi connectivity index (χ3n) is 4.83. The van der Waals surface area contributed by atoms with E-state index in [9.17, 15) is 0 Å². The smallest absolute Gasteiger partial charge is 0.226 e. The predicted octanol–water partition coefficient (Wildman–Crippen LogP) is 3.82. The zero-order valence-electron chi connectivity index (χ0n) is 17.3. The van der Waals surface area contributed by atoms with E-state index in [1.165, 1.54) is 5.56 Å². The van der Waals surface area contributed by atoms with Gasteiger partial charge in [-0.05, 0) is 37.6 Å². The van der Waals surface area contributed by atoms with Gasteiger partial charge in [-0.2, -0.15) is 0 Å². The summed E-state index contributed by atoms with van der Waals surface area (Å²) in [5.41, 5.74) is 5.10. The average molecular weight is 403 g/mol. The monoisotopic (exact) mass is 402 g/mol. The molecule has 0 fully saturated rings. The fraction of sp³-hybridized carbons (Fsp3) is 0.261. The zero-order valence-corrected chi connectivity index (χ0v) is 17.3. The molecule has 3 N–H and O–H groups in total. The molecule has 2 aromatic heterocycles. The minimum atomic E-state index is 0.540. The van der Waals surface area contributed by atoms with Gasteiger partial charge in [0.15, 0.2) is 5.96 Å². The van der Waals surface area contributed by atoms with Crippen LogP contribution in [0.2, 0.25) is 0 Å². The van der Waals surface area contributed by atoms with E-state index >= 15 is 0 Å². The van der Waals surface area contributed by atoms with Crippen LogP contribution in [0.1, 0.15) is 23.5 Å². The molecule has 4 rings (SSSR count). The van der Waals surface area contributed by atoms with Gasteiger partial charge < -0.3 is 20.0 Å². The van der Waals surface area contributed by atoms with Crippen LogP contribution in [0.15, 0.2) is 64.2 Å². The molecule has 0 atom stereocenters. The summed E-state index contributed by atoms with van der Waals surface area (Å²) in [6.07, 6.45) is 3.50. The molecule has 0 aliphatic carbocycles. The van der Waals surface area contributed by atoms with Crippen molar-refractivity contribution in [3.63, 3.8) is 0 Å². The van der Waals surface area contributed by atoms with Gasteiger partial charge in [0.05, 0.1) is 23.3 Å². The summed E-state index contributed by atoms with van der Waals surface area (Å²) in [5.74, 6) is 2.37. The number of H-pyrrole nitrogens is 1. The van der Waals surface area contributed by atoms with Crippen LogP contribution in [-0.2, 0) is 13.0 Å². The molecule has 0 aliphatic heterocycles. The highest BCUT2D eigenvalue weighted by Gasteiger charge is 2.07. The Bertz CT molecular complexity index is 1090. The van der Waals surface area contributed by atoms with Crippen molar-refractivity contribution in [3.8, 4) is 11.5 Å². The van der Waals surface area contributed by atoms with E-state index in [0.717, 1.165) is 53.5 Å². The number of benzene rings is 2. The standard InChI is InChI=1S/C23H26N6O/c1-16-9-11-17(12-10-16)22-27-18(15-30-22)14-26-23(24-2)25-13-5-8-21-28-19-6-3-4-7-20(19)29-21/h3-4,6-7,9-12,15H,5,8,13-14H2,1-2H3,(H,28,29)(H2,24,25,26). The Hall–Kier alpha value is -3.61. The molecular weight excluding hydrogens is 376 g/mol. The second-order valence-corrected chi connectivity index (χ2v) is 7.17. The Morgan fingerprint density at radius 2 is 1.90 bits per heavy atom. The van der Waals surface area contributed by atoms with Crippen molar-refractivity contribution in [2.45, 2.75) is 26.3 Å². The largest absolute Gasteiger partial charge is 0.444 e. The van der Waals surface area contributed by atoms with Gasteiger partial charge >= 0.3 is 0 Å². The number of aryl methyl sites for hydroxylation is 2. The maximum absolute atomic E-state index is 5.61. The van der Waals surface area contributed by atoms with Crippen molar-refractivity contribution in [2.75, 3.05) is 13.6 Å².